The van der Waals surface area contributed by atoms with Crippen molar-refractivity contribution < 1.29 is 14.3 Å². The molecule has 0 aromatic heterocycles. The standard InChI is InChI=1S/C27H38N4O3/c1-18(2)15-25(26(29)32)30-16-19(9-7-8-14-28)31-27(33)34-17-24-22-12-5-3-10-20(22)21-11-4-6-13-23(21)24/h3-6,10-13,18-19,24-25,30H,7-9,14-17,28H2,1-2H3,(H2,29,32)(H,31,33)/t19-,25-/m0/s1. The maximum absolute atomic E-state index is 12.7. The van der Waals surface area contributed by atoms with Gasteiger partial charge in [-0.3, -0.25) is 4.79 Å². The lowest BCUT2D eigenvalue weighted by Crippen LogP contribution is -2.49. The molecule has 2 atom stereocenters. The van der Waals surface area contributed by atoms with Crippen molar-refractivity contribution in [3.63, 3.8) is 0 Å². The lowest BCUT2D eigenvalue weighted by atomic mass is 9.98. The number of rotatable bonds is 13. The number of nitrogens with two attached hydrogens (primary N) is 2. The van der Waals surface area contributed by atoms with Crippen LogP contribution in [0.4, 0.5) is 4.79 Å². The highest BCUT2D eigenvalue weighted by Gasteiger charge is 2.29. The molecule has 2 amide bonds. The van der Waals surface area contributed by atoms with Gasteiger partial charge in [-0.2, -0.15) is 0 Å². The Balaban J connectivity index is 1.60. The van der Waals surface area contributed by atoms with Crippen molar-refractivity contribution in [2.24, 2.45) is 17.4 Å². The molecule has 3 rings (SSSR count). The van der Waals surface area contributed by atoms with Crippen LogP contribution in [0.5, 0.6) is 0 Å². The van der Waals surface area contributed by atoms with E-state index in [1.807, 2.05) is 38.1 Å². The fourth-order valence-electron chi connectivity index (χ4n) is 4.62. The maximum atomic E-state index is 12.7. The number of carbonyl (C=O) groups is 2. The van der Waals surface area contributed by atoms with Gasteiger partial charge in [-0.15, -0.1) is 0 Å². The number of nitrogens with one attached hydrogen (secondary N) is 2. The van der Waals surface area contributed by atoms with Gasteiger partial charge in [0.1, 0.15) is 6.61 Å². The van der Waals surface area contributed by atoms with Crippen LogP contribution in [0.15, 0.2) is 48.5 Å². The second-order valence-corrected chi connectivity index (χ2v) is 9.44. The molecule has 0 unspecified atom stereocenters. The predicted molar refractivity (Wildman–Crippen MR) is 135 cm³/mol. The summed E-state index contributed by atoms with van der Waals surface area (Å²) in [4.78, 5) is 24.6. The Labute approximate surface area is 202 Å². The van der Waals surface area contributed by atoms with Gasteiger partial charge in [-0.25, -0.2) is 4.79 Å². The fourth-order valence-corrected chi connectivity index (χ4v) is 4.62. The predicted octanol–water partition coefficient (Wildman–Crippen LogP) is 3.51. The third-order valence-electron chi connectivity index (χ3n) is 6.33. The second-order valence-electron chi connectivity index (χ2n) is 9.44. The molecule has 0 aliphatic heterocycles. The van der Waals surface area contributed by atoms with Crippen molar-refractivity contribution in [1.82, 2.24) is 10.6 Å². The third-order valence-corrected chi connectivity index (χ3v) is 6.33. The van der Waals surface area contributed by atoms with Gasteiger partial charge in [0.2, 0.25) is 5.91 Å². The van der Waals surface area contributed by atoms with Gasteiger partial charge in [0.15, 0.2) is 0 Å². The molecule has 1 aliphatic rings. The molecule has 0 radical (unpaired) electrons. The Bertz CT molecular complexity index is 917. The van der Waals surface area contributed by atoms with E-state index >= 15 is 0 Å². The van der Waals surface area contributed by atoms with E-state index < -0.39 is 12.1 Å². The highest BCUT2D eigenvalue weighted by atomic mass is 16.5. The minimum absolute atomic E-state index is 0.0113. The number of hydrogen-bond acceptors (Lipinski definition) is 5. The Morgan fingerprint density at radius 2 is 1.62 bits per heavy atom. The Morgan fingerprint density at radius 1 is 1.00 bits per heavy atom. The summed E-state index contributed by atoms with van der Waals surface area (Å²) in [6, 6.07) is 15.9. The molecule has 0 saturated carbocycles. The van der Waals surface area contributed by atoms with E-state index in [1.165, 1.54) is 22.3 Å². The minimum atomic E-state index is -0.458. The van der Waals surface area contributed by atoms with E-state index in [1.54, 1.807) is 0 Å². The van der Waals surface area contributed by atoms with Crippen molar-refractivity contribution in [2.45, 2.75) is 57.5 Å². The highest BCUT2D eigenvalue weighted by molar-refractivity contribution is 5.80. The van der Waals surface area contributed by atoms with Gasteiger partial charge in [0, 0.05) is 18.5 Å². The zero-order valence-electron chi connectivity index (χ0n) is 20.3. The second kappa shape index (κ2) is 12.5. The van der Waals surface area contributed by atoms with Crippen molar-refractivity contribution in [1.29, 1.82) is 0 Å². The Morgan fingerprint density at radius 3 is 2.18 bits per heavy atom. The molecule has 7 nitrogen and oxygen atoms in total. The van der Waals surface area contributed by atoms with Gasteiger partial charge in [-0.05, 0) is 54.0 Å². The van der Waals surface area contributed by atoms with Crippen LogP contribution < -0.4 is 22.1 Å². The van der Waals surface area contributed by atoms with Crippen LogP contribution in [0, 0.1) is 5.92 Å². The highest BCUT2D eigenvalue weighted by Crippen LogP contribution is 2.44. The van der Waals surface area contributed by atoms with Gasteiger partial charge in [0.25, 0.3) is 0 Å². The molecule has 184 valence electrons. The Kier molecular flexibility index (Phi) is 9.48. The van der Waals surface area contributed by atoms with Crippen LogP contribution in [-0.4, -0.2) is 43.8 Å². The first kappa shape index (κ1) is 25.7. The van der Waals surface area contributed by atoms with Crippen LogP contribution in [0.1, 0.15) is 56.6 Å². The number of ether oxygens (including phenoxy) is 1. The zero-order valence-corrected chi connectivity index (χ0v) is 20.3. The number of benzene rings is 2. The quantitative estimate of drug-likeness (QED) is 0.337. The summed E-state index contributed by atoms with van der Waals surface area (Å²) in [6.07, 6.45) is 2.67. The van der Waals surface area contributed by atoms with Crippen LogP contribution in [0.2, 0.25) is 0 Å². The molecule has 0 bridgehead atoms. The zero-order chi connectivity index (χ0) is 24.5. The number of unbranched alkanes of at least 4 members (excludes halogenated alkanes) is 1. The number of fused-ring (bicyclic) bond motifs is 3. The van der Waals surface area contributed by atoms with Crippen molar-refractivity contribution in [3.05, 3.63) is 59.7 Å². The third kappa shape index (κ3) is 6.81. The van der Waals surface area contributed by atoms with Crippen LogP contribution >= 0.6 is 0 Å². The minimum Gasteiger partial charge on any atom is -0.449 e. The van der Waals surface area contributed by atoms with Gasteiger partial charge >= 0.3 is 6.09 Å². The average molecular weight is 467 g/mol. The van der Waals surface area contributed by atoms with Crippen molar-refractivity contribution in [3.8, 4) is 11.1 Å². The maximum Gasteiger partial charge on any atom is 0.407 e. The summed E-state index contributed by atoms with van der Waals surface area (Å²) < 4.78 is 5.70. The van der Waals surface area contributed by atoms with Crippen molar-refractivity contribution >= 4 is 12.0 Å². The number of amides is 2. The van der Waals surface area contributed by atoms with E-state index in [4.69, 9.17) is 16.2 Å². The first-order valence-corrected chi connectivity index (χ1v) is 12.2. The number of carbonyl (C=O) groups excluding carboxylic acids is 2. The van der Waals surface area contributed by atoms with Crippen molar-refractivity contribution in [2.75, 3.05) is 19.7 Å². The largest absolute Gasteiger partial charge is 0.449 e. The summed E-state index contributed by atoms with van der Waals surface area (Å²) in [5, 5.41) is 6.21. The molecule has 1 aliphatic carbocycles. The topological polar surface area (TPSA) is 119 Å². The van der Waals surface area contributed by atoms with Crippen LogP contribution in [0.25, 0.3) is 11.1 Å². The first-order valence-electron chi connectivity index (χ1n) is 12.2. The molecule has 0 spiro atoms. The van der Waals surface area contributed by atoms with Crippen LogP contribution in [-0.2, 0) is 9.53 Å². The lowest BCUT2D eigenvalue weighted by molar-refractivity contribution is -0.120. The molecular formula is C27H38N4O3. The molecule has 0 heterocycles. The smallest absolute Gasteiger partial charge is 0.407 e. The molecule has 7 heteroatoms. The van der Waals surface area contributed by atoms with E-state index in [0.29, 0.717) is 25.4 Å². The molecule has 34 heavy (non-hydrogen) atoms. The van der Waals surface area contributed by atoms with Gasteiger partial charge < -0.3 is 26.8 Å². The summed E-state index contributed by atoms with van der Waals surface area (Å²) >= 11 is 0. The number of hydrogen-bond donors (Lipinski definition) is 4. The molecular weight excluding hydrogens is 428 g/mol. The average Bonchev–Trinajstić information content (AvgIpc) is 3.13. The Hall–Kier alpha value is -2.90. The summed E-state index contributed by atoms with van der Waals surface area (Å²) in [5.41, 5.74) is 15.9. The molecule has 2 aromatic rings. The summed E-state index contributed by atoms with van der Waals surface area (Å²) in [6.45, 7) is 5.40. The van der Waals surface area contributed by atoms with Gasteiger partial charge in [-0.1, -0.05) is 68.8 Å². The van der Waals surface area contributed by atoms with E-state index in [9.17, 15) is 9.59 Å². The SMILES string of the molecule is CC(C)C[C@H](NC[C@H](CCCCN)NC(=O)OCC1c2ccccc2-c2ccccc21)C(N)=O. The number of primary amides is 1. The van der Waals surface area contributed by atoms with E-state index in [0.717, 1.165) is 19.3 Å². The normalized spacial score (nSPS) is 14.4. The molecule has 0 saturated heterocycles. The molecule has 0 fully saturated rings. The molecule has 2 aromatic carbocycles. The number of alkyl carbamates (subject to hydrolysis) is 1. The summed E-state index contributed by atoms with van der Waals surface area (Å²) in [5.74, 6) is -0.0384. The summed E-state index contributed by atoms with van der Waals surface area (Å²) in [7, 11) is 0. The van der Waals surface area contributed by atoms with E-state index in [-0.39, 0.29) is 24.5 Å². The fraction of sp³-hybridized carbons (Fsp3) is 0.481. The monoisotopic (exact) mass is 466 g/mol. The lowest BCUT2D eigenvalue weighted by Gasteiger charge is -2.24. The molecule has 6 N–H and O–H groups in total. The van der Waals surface area contributed by atoms with E-state index in [2.05, 4.69) is 34.9 Å². The van der Waals surface area contributed by atoms with Gasteiger partial charge in [0.05, 0.1) is 6.04 Å². The van der Waals surface area contributed by atoms with Crippen LogP contribution in [0.3, 0.4) is 0 Å². The first-order chi connectivity index (χ1) is 16.4.